The Hall–Kier alpha value is -0.0551. The Labute approximate surface area is 105 Å². The Balaban J connectivity index is 1.77. The Kier molecular flexibility index (Phi) is 2.63. The van der Waals surface area contributed by atoms with Gasteiger partial charge in [-0.05, 0) is 43.4 Å². The minimum atomic E-state index is -0.198. The highest BCUT2D eigenvalue weighted by molar-refractivity contribution is 6.47. The van der Waals surface area contributed by atoms with Gasteiger partial charge in [-0.1, -0.05) is 20.8 Å². The topological polar surface area (TPSA) is 44.5 Å². The van der Waals surface area contributed by atoms with E-state index < -0.39 is 0 Å². The standard InChI is InChI=1S/C13H24BNO2/c1-7(2)12(15)14-16-11-6-9-5-10(8(9)3)13(11,4)17-14/h7-12H,5-6,15H2,1-4H3/t8?,9?,10?,11-,12-,13+/m1/s1. The van der Waals surface area contributed by atoms with Gasteiger partial charge in [0.2, 0.25) is 0 Å². The second-order valence-electron chi connectivity index (χ2n) is 6.81. The molecule has 4 aliphatic rings. The van der Waals surface area contributed by atoms with E-state index in [0.717, 1.165) is 18.3 Å². The lowest BCUT2D eigenvalue weighted by atomic mass is 9.51. The van der Waals surface area contributed by atoms with E-state index in [-0.39, 0.29) is 24.8 Å². The third-order valence-corrected chi connectivity index (χ3v) is 5.58. The van der Waals surface area contributed by atoms with Crippen molar-refractivity contribution < 1.29 is 9.31 Å². The smallest absolute Gasteiger partial charge is 0.404 e. The van der Waals surface area contributed by atoms with Crippen LogP contribution in [0.25, 0.3) is 0 Å². The molecule has 3 saturated carbocycles. The van der Waals surface area contributed by atoms with Crippen LogP contribution in [-0.2, 0) is 9.31 Å². The maximum absolute atomic E-state index is 6.25. The van der Waals surface area contributed by atoms with E-state index in [1.807, 2.05) is 0 Å². The molecule has 4 heteroatoms. The van der Waals surface area contributed by atoms with E-state index in [4.69, 9.17) is 15.0 Å². The maximum atomic E-state index is 6.25. The van der Waals surface area contributed by atoms with Crippen molar-refractivity contribution in [3.63, 3.8) is 0 Å². The Bertz CT molecular complexity index is 325. The summed E-state index contributed by atoms with van der Waals surface area (Å²) < 4.78 is 12.3. The highest BCUT2D eigenvalue weighted by Gasteiger charge is 2.64. The second kappa shape index (κ2) is 3.72. The maximum Gasteiger partial charge on any atom is 0.475 e. The summed E-state index contributed by atoms with van der Waals surface area (Å²) in [7, 11) is -0.198. The van der Waals surface area contributed by atoms with Crippen molar-refractivity contribution in [1.82, 2.24) is 0 Å². The predicted molar refractivity (Wildman–Crippen MR) is 68.3 cm³/mol. The summed E-state index contributed by atoms with van der Waals surface area (Å²) >= 11 is 0. The van der Waals surface area contributed by atoms with E-state index in [0.29, 0.717) is 11.8 Å². The largest absolute Gasteiger partial charge is 0.475 e. The SMILES string of the molecule is CC1C2CC1[C@]1(C)OB([C@H](N)C(C)C)O[C@@H]1C2. The van der Waals surface area contributed by atoms with Crippen LogP contribution in [0, 0.1) is 23.7 Å². The quantitative estimate of drug-likeness (QED) is 0.745. The van der Waals surface area contributed by atoms with Gasteiger partial charge in [0.1, 0.15) is 0 Å². The first-order chi connectivity index (χ1) is 7.93. The number of hydrogen-bond acceptors (Lipinski definition) is 3. The van der Waals surface area contributed by atoms with Crippen molar-refractivity contribution in [2.24, 2.45) is 29.4 Å². The Morgan fingerprint density at radius 3 is 2.65 bits per heavy atom. The number of rotatable bonds is 2. The molecular formula is C13H24BNO2. The molecule has 0 spiro atoms. The van der Waals surface area contributed by atoms with E-state index in [9.17, 15) is 0 Å². The molecule has 96 valence electrons. The molecule has 4 fully saturated rings. The van der Waals surface area contributed by atoms with Crippen LogP contribution in [0.2, 0.25) is 0 Å². The summed E-state index contributed by atoms with van der Waals surface area (Å²) in [5, 5.41) is 0. The Morgan fingerprint density at radius 2 is 2.06 bits per heavy atom. The minimum Gasteiger partial charge on any atom is -0.404 e. The summed E-state index contributed by atoms with van der Waals surface area (Å²) in [4.78, 5) is 0. The molecule has 6 atom stereocenters. The molecule has 4 rings (SSSR count). The van der Waals surface area contributed by atoms with E-state index in [2.05, 4.69) is 27.7 Å². The van der Waals surface area contributed by atoms with Crippen LogP contribution in [0.15, 0.2) is 0 Å². The zero-order chi connectivity index (χ0) is 12.4. The van der Waals surface area contributed by atoms with Crippen molar-refractivity contribution in [1.29, 1.82) is 0 Å². The molecule has 1 saturated heterocycles. The van der Waals surface area contributed by atoms with Gasteiger partial charge in [0.25, 0.3) is 0 Å². The van der Waals surface area contributed by atoms with E-state index >= 15 is 0 Å². The number of nitrogens with two attached hydrogens (primary N) is 1. The molecule has 2 N–H and O–H groups in total. The molecule has 0 amide bonds. The van der Waals surface area contributed by atoms with Crippen LogP contribution < -0.4 is 5.73 Å². The van der Waals surface area contributed by atoms with Gasteiger partial charge in [0.05, 0.1) is 11.7 Å². The summed E-state index contributed by atoms with van der Waals surface area (Å²) in [6, 6.07) is 0. The fourth-order valence-electron chi connectivity index (χ4n) is 3.98. The molecule has 17 heavy (non-hydrogen) atoms. The lowest BCUT2D eigenvalue weighted by Gasteiger charge is -2.58. The molecule has 0 radical (unpaired) electrons. The lowest BCUT2D eigenvalue weighted by Crippen LogP contribution is -2.60. The van der Waals surface area contributed by atoms with Gasteiger partial charge >= 0.3 is 7.12 Å². The van der Waals surface area contributed by atoms with Gasteiger partial charge in [-0.15, -0.1) is 0 Å². The molecule has 1 aliphatic heterocycles. The van der Waals surface area contributed by atoms with Gasteiger partial charge < -0.3 is 15.0 Å². The third-order valence-electron chi connectivity index (χ3n) is 5.58. The monoisotopic (exact) mass is 237 g/mol. The third kappa shape index (κ3) is 1.53. The Morgan fingerprint density at radius 1 is 1.35 bits per heavy atom. The van der Waals surface area contributed by atoms with Gasteiger partial charge in [-0.2, -0.15) is 0 Å². The zero-order valence-corrected chi connectivity index (χ0v) is 11.3. The molecule has 0 aromatic rings. The molecular weight excluding hydrogens is 213 g/mol. The van der Waals surface area contributed by atoms with Gasteiger partial charge in [0, 0.05) is 5.94 Å². The lowest BCUT2D eigenvalue weighted by molar-refractivity contribution is -0.152. The molecule has 0 aromatic heterocycles. The highest BCUT2D eigenvalue weighted by Crippen LogP contribution is 2.59. The van der Waals surface area contributed by atoms with Gasteiger partial charge in [-0.3, -0.25) is 0 Å². The summed E-state index contributed by atoms with van der Waals surface area (Å²) in [6.45, 7) is 8.86. The van der Waals surface area contributed by atoms with E-state index in [1.165, 1.54) is 6.42 Å². The van der Waals surface area contributed by atoms with Crippen LogP contribution in [0.1, 0.15) is 40.5 Å². The van der Waals surface area contributed by atoms with Crippen LogP contribution in [0.5, 0.6) is 0 Å². The second-order valence-corrected chi connectivity index (χ2v) is 6.81. The first-order valence-corrected chi connectivity index (χ1v) is 7.02. The molecule has 3 aliphatic carbocycles. The van der Waals surface area contributed by atoms with Gasteiger partial charge in [-0.25, -0.2) is 0 Å². The van der Waals surface area contributed by atoms with Crippen LogP contribution in [-0.4, -0.2) is 24.8 Å². The van der Waals surface area contributed by atoms with Crippen molar-refractivity contribution in [2.75, 3.05) is 0 Å². The highest BCUT2D eigenvalue weighted by atomic mass is 16.7. The summed E-state index contributed by atoms with van der Waals surface area (Å²) in [6.07, 6.45) is 2.76. The van der Waals surface area contributed by atoms with Gasteiger partial charge in [0.15, 0.2) is 0 Å². The molecule has 2 bridgehead atoms. The van der Waals surface area contributed by atoms with Crippen molar-refractivity contribution in [2.45, 2.75) is 58.2 Å². The zero-order valence-electron chi connectivity index (χ0n) is 11.3. The summed E-state index contributed by atoms with van der Waals surface area (Å²) in [5.74, 6) is 2.72. The normalized spacial score (nSPS) is 50.1. The fraction of sp³-hybridized carbons (Fsp3) is 1.00. The number of hydrogen-bond donors (Lipinski definition) is 1. The average Bonchev–Trinajstić information content (AvgIpc) is 2.63. The average molecular weight is 237 g/mol. The fourth-order valence-corrected chi connectivity index (χ4v) is 3.98. The molecule has 0 aromatic carbocycles. The summed E-state index contributed by atoms with van der Waals surface area (Å²) in [5.41, 5.74) is 6.10. The van der Waals surface area contributed by atoms with Crippen molar-refractivity contribution in [3.05, 3.63) is 0 Å². The molecule has 1 heterocycles. The van der Waals surface area contributed by atoms with Crippen LogP contribution in [0.3, 0.4) is 0 Å². The predicted octanol–water partition coefficient (Wildman–Crippen LogP) is 1.85. The first kappa shape index (κ1) is 12.0. The van der Waals surface area contributed by atoms with Crippen molar-refractivity contribution >= 4 is 7.12 Å². The van der Waals surface area contributed by atoms with Crippen LogP contribution in [0.4, 0.5) is 0 Å². The first-order valence-electron chi connectivity index (χ1n) is 7.02. The molecule has 3 unspecified atom stereocenters. The van der Waals surface area contributed by atoms with E-state index in [1.54, 1.807) is 0 Å². The molecule has 3 nitrogen and oxygen atoms in total. The van der Waals surface area contributed by atoms with Crippen molar-refractivity contribution in [3.8, 4) is 0 Å². The minimum absolute atomic E-state index is 0.00932. The van der Waals surface area contributed by atoms with Crippen LogP contribution >= 0.6 is 0 Å².